The molecule has 174 valence electrons. The number of fused-ring (bicyclic) bond motifs is 1. The lowest BCUT2D eigenvalue weighted by atomic mass is 10.0. The molecule has 2 aliphatic rings. The third-order valence-corrected chi connectivity index (χ3v) is 6.54. The van der Waals surface area contributed by atoms with E-state index in [2.05, 4.69) is 41.2 Å². The van der Waals surface area contributed by atoms with E-state index in [9.17, 15) is 4.79 Å². The molecule has 1 amide bonds. The monoisotopic (exact) mass is 511 g/mol. The average molecular weight is 512 g/mol. The standard InChI is InChI=1S/C24H30BrN7O/c1-31(2)11-10-28-24(33)18-6-5-16(12-18)13-22(26)29-23-15-21(25)30-32(23)19-7-8-20-17(14-19)4-3-9-27-20/h3-4,7-9,14,16,18,26H,5-6,10-13,15H2,1-2H3,(H,28,33)/t16-,18-/m1/s1. The fourth-order valence-electron chi connectivity index (χ4n) is 4.42. The van der Waals surface area contributed by atoms with E-state index in [-0.39, 0.29) is 11.8 Å². The van der Waals surface area contributed by atoms with Gasteiger partial charge in [-0.3, -0.25) is 15.2 Å². The van der Waals surface area contributed by atoms with Crippen molar-refractivity contribution in [3.05, 3.63) is 36.5 Å². The fourth-order valence-corrected chi connectivity index (χ4v) is 4.83. The number of carbonyl (C=O) groups is 1. The number of nitrogens with one attached hydrogen (secondary N) is 2. The number of amidine groups is 2. The van der Waals surface area contributed by atoms with Gasteiger partial charge < -0.3 is 10.2 Å². The molecule has 0 radical (unpaired) electrons. The number of carbonyl (C=O) groups excluding carboxylic acids is 1. The number of benzene rings is 1. The number of hydrogen-bond donors (Lipinski definition) is 2. The minimum atomic E-state index is 0.0456. The van der Waals surface area contributed by atoms with Gasteiger partial charge in [0, 0.05) is 37.0 Å². The van der Waals surface area contributed by atoms with Crippen molar-refractivity contribution in [1.82, 2.24) is 15.2 Å². The Bertz CT molecular complexity index is 1100. The van der Waals surface area contributed by atoms with Crippen molar-refractivity contribution in [3.8, 4) is 0 Å². The van der Waals surface area contributed by atoms with Crippen molar-refractivity contribution in [2.75, 3.05) is 32.2 Å². The van der Waals surface area contributed by atoms with Crippen LogP contribution in [0.4, 0.5) is 5.69 Å². The van der Waals surface area contributed by atoms with Crippen LogP contribution >= 0.6 is 15.9 Å². The van der Waals surface area contributed by atoms with Gasteiger partial charge in [-0.15, -0.1) is 0 Å². The number of anilines is 1. The van der Waals surface area contributed by atoms with E-state index in [4.69, 9.17) is 5.41 Å². The highest BCUT2D eigenvalue weighted by Gasteiger charge is 2.31. The van der Waals surface area contributed by atoms with Crippen molar-refractivity contribution >= 4 is 54.7 Å². The molecule has 2 N–H and O–H groups in total. The Labute approximate surface area is 202 Å². The Morgan fingerprint density at radius 1 is 1.33 bits per heavy atom. The van der Waals surface area contributed by atoms with E-state index >= 15 is 0 Å². The summed E-state index contributed by atoms with van der Waals surface area (Å²) in [6, 6.07) is 9.91. The summed E-state index contributed by atoms with van der Waals surface area (Å²) in [5.74, 6) is 1.57. The van der Waals surface area contributed by atoms with Gasteiger partial charge in [0.1, 0.15) is 16.3 Å². The summed E-state index contributed by atoms with van der Waals surface area (Å²) in [7, 11) is 3.99. The predicted molar refractivity (Wildman–Crippen MR) is 137 cm³/mol. The largest absolute Gasteiger partial charge is 0.355 e. The Kier molecular flexibility index (Phi) is 7.49. The van der Waals surface area contributed by atoms with E-state index in [0.717, 1.165) is 52.9 Å². The molecule has 2 heterocycles. The highest BCUT2D eigenvalue weighted by atomic mass is 79.9. The summed E-state index contributed by atoms with van der Waals surface area (Å²) in [5, 5.41) is 18.9. The molecule has 1 aromatic carbocycles. The fraction of sp³-hybridized carbons (Fsp3) is 0.458. The molecule has 0 unspecified atom stereocenters. The Morgan fingerprint density at radius 3 is 3.00 bits per heavy atom. The molecule has 0 saturated heterocycles. The van der Waals surface area contributed by atoms with Gasteiger partial charge in [-0.25, -0.2) is 10.0 Å². The molecule has 1 aliphatic carbocycles. The molecule has 0 spiro atoms. The number of rotatable bonds is 7. The van der Waals surface area contributed by atoms with Crippen LogP contribution in [0.3, 0.4) is 0 Å². The van der Waals surface area contributed by atoms with Gasteiger partial charge in [-0.2, -0.15) is 5.10 Å². The molecule has 9 heteroatoms. The van der Waals surface area contributed by atoms with Crippen LogP contribution in [0.5, 0.6) is 0 Å². The van der Waals surface area contributed by atoms with E-state index in [0.29, 0.717) is 31.1 Å². The maximum Gasteiger partial charge on any atom is 0.223 e. The minimum absolute atomic E-state index is 0.0456. The summed E-state index contributed by atoms with van der Waals surface area (Å²) in [6.07, 6.45) is 5.58. The first kappa shape index (κ1) is 23.5. The highest BCUT2D eigenvalue weighted by molar-refractivity contribution is 9.18. The maximum atomic E-state index is 12.4. The lowest BCUT2D eigenvalue weighted by Gasteiger charge is -2.17. The molecule has 33 heavy (non-hydrogen) atoms. The Hall–Kier alpha value is -2.65. The SMILES string of the molecule is CN(C)CCNC(=O)[C@@H]1CC[C@@H](CC(=N)N=C2CC(Br)=NN2c2ccc3ncccc3c2)C1. The van der Waals surface area contributed by atoms with Gasteiger partial charge in [0.2, 0.25) is 5.91 Å². The number of halogens is 1. The lowest BCUT2D eigenvalue weighted by molar-refractivity contribution is -0.124. The van der Waals surface area contributed by atoms with Crippen molar-refractivity contribution in [2.45, 2.75) is 32.1 Å². The number of hydrazone groups is 1. The number of likely N-dealkylation sites (N-methyl/N-ethyl adjacent to an activating group) is 1. The number of nitrogens with zero attached hydrogens (tertiary/aromatic N) is 5. The van der Waals surface area contributed by atoms with E-state index < -0.39 is 0 Å². The van der Waals surface area contributed by atoms with Crippen molar-refractivity contribution in [2.24, 2.45) is 21.9 Å². The third kappa shape index (κ3) is 6.03. The first-order valence-corrected chi connectivity index (χ1v) is 12.1. The van der Waals surface area contributed by atoms with Crippen molar-refractivity contribution in [1.29, 1.82) is 5.41 Å². The second-order valence-electron chi connectivity index (χ2n) is 8.99. The minimum Gasteiger partial charge on any atom is -0.355 e. The third-order valence-electron chi connectivity index (χ3n) is 6.10. The highest BCUT2D eigenvalue weighted by Crippen LogP contribution is 2.34. The zero-order valence-corrected chi connectivity index (χ0v) is 20.7. The first-order chi connectivity index (χ1) is 15.9. The smallest absolute Gasteiger partial charge is 0.223 e. The topological polar surface area (TPSA) is 97.0 Å². The zero-order chi connectivity index (χ0) is 23.4. The van der Waals surface area contributed by atoms with Crippen LogP contribution in [-0.4, -0.2) is 59.3 Å². The van der Waals surface area contributed by atoms with Crippen LogP contribution in [0.1, 0.15) is 32.1 Å². The van der Waals surface area contributed by atoms with E-state index in [1.54, 1.807) is 11.2 Å². The summed E-state index contributed by atoms with van der Waals surface area (Å²) < 4.78 is 0.788. The van der Waals surface area contributed by atoms with Crippen molar-refractivity contribution < 1.29 is 4.79 Å². The molecule has 2 atom stereocenters. The molecule has 8 nitrogen and oxygen atoms in total. The van der Waals surface area contributed by atoms with Gasteiger partial charge in [-0.1, -0.05) is 6.07 Å². The molecule has 1 aliphatic heterocycles. The van der Waals surface area contributed by atoms with Gasteiger partial charge in [0.25, 0.3) is 0 Å². The van der Waals surface area contributed by atoms with Crippen LogP contribution in [0, 0.1) is 17.2 Å². The zero-order valence-electron chi connectivity index (χ0n) is 19.1. The molecule has 2 aromatic rings. The van der Waals surface area contributed by atoms with Crippen LogP contribution < -0.4 is 10.3 Å². The molecular weight excluding hydrogens is 482 g/mol. The maximum absolute atomic E-state index is 12.4. The predicted octanol–water partition coefficient (Wildman–Crippen LogP) is 4.01. The first-order valence-electron chi connectivity index (χ1n) is 11.3. The molecule has 1 fully saturated rings. The van der Waals surface area contributed by atoms with Crippen LogP contribution in [0.2, 0.25) is 0 Å². The van der Waals surface area contributed by atoms with E-state index in [1.165, 1.54) is 0 Å². The van der Waals surface area contributed by atoms with Gasteiger partial charge in [0.05, 0.1) is 17.6 Å². The average Bonchev–Trinajstić information content (AvgIpc) is 3.39. The van der Waals surface area contributed by atoms with Gasteiger partial charge in [0.15, 0.2) is 0 Å². The Morgan fingerprint density at radius 2 is 2.18 bits per heavy atom. The number of aliphatic imine (C=N–C) groups is 1. The van der Waals surface area contributed by atoms with Gasteiger partial charge in [-0.05, 0) is 79.5 Å². The van der Waals surface area contributed by atoms with Crippen LogP contribution in [-0.2, 0) is 4.79 Å². The molecule has 1 aromatic heterocycles. The summed E-state index contributed by atoms with van der Waals surface area (Å²) in [6.45, 7) is 1.51. The Balaban J connectivity index is 1.37. The number of amides is 1. The number of hydrogen-bond acceptors (Lipinski definition) is 5. The summed E-state index contributed by atoms with van der Waals surface area (Å²) in [5.41, 5.74) is 1.82. The second-order valence-corrected chi connectivity index (χ2v) is 9.91. The summed E-state index contributed by atoms with van der Waals surface area (Å²) >= 11 is 3.49. The van der Waals surface area contributed by atoms with Crippen LogP contribution in [0.25, 0.3) is 10.9 Å². The quantitative estimate of drug-likeness (QED) is 0.433. The molecule has 0 bridgehead atoms. The molecule has 4 rings (SSSR count). The van der Waals surface area contributed by atoms with Crippen molar-refractivity contribution in [3.63, 3.8) is 0 Å². The van der Waals surface area contributed by atoms with E-state index in [1.807, 2.05) is 44.4 Å². The van der Waals surface area contributed by atoms with Crippen LogP contribution in [0.15, 0.2) is 46.6 Å². The number of pyridine rings is 1. The molecular formula is C24H30BrN7O. The lowest BCUT2D eigenvalue weighted by Crippen LogP contribution is -2.34. The second kappa shape index (κ2) is 10.5. The number of aromatic nitrogens is 1. The summed E-state index contributed by atoms with van der Waals surface area (Å²) in [4.78, 5) is 23.5. The van der Waals surface area contributed by atoms with Gasteiger partial charge >= 0.3 is 0 Å². The molecule has 1 saturated carbocycles. The normalized spacial score (nSPS) is 21.8.